The number of nitro groups is 1. The van der Waals surface area contributed by atoms with Crippen molar-refractivity contribution in [1.29, 1.82) is 0 Å². The summed E-state index contributed by atoms with van der Waals surface area (Å²) in [5.74, 6) is -2.48. The molecule has 0 bridgehead atoms. The highest BCUT2D eigenvalue weighted by atomic mass is 35.5. The van der Waals surface area contributed by atoms with Crippen LogP contribution in [0.2, 0.25) is 10.0 Å². The van der Waals surface area contributed by atoms with Gasteiger partial charge in [-0.25, -0.2) is 5.01 Å². The number of non-ortho nitro benzene ring substituents is 1. The number of fused-ring (bicyclic) bond motifs is 1. The van der Waals surface area contributed by atoms with Gasteiger partial charge in [-0.2, -0.15) is 5.01 Å². The fourth-order valence-electron chi connectivity index (χ4n) is 4.33. The zero-order valence-electron chi connectivity index (χ0n) is 16.9. The lowest BCUT2D eigenvalue weighted by atomic mass is 9.81. The molecule has 1 aliphatic carbocycles. The van der Waals surface area contributed by atoms with Crippen molar-refractivity contribution in [3.8, 4) is 0 Å². The first kappa shape index (κ1) is 22.2. The Morgan fingerprint density at radius 1 is 1.06 bits per heavy atom. The van der Waals surface area contributed by atoms with Crippen LogP contribution in [0.15, 0.2) is 42.5 Å². The number of carbonyl (C=O) groups is 3. The molecule has 2 atom stereocenters. The number of hydrazine groups is 1. The maximum atomic E-state index is 13.5. The Bertz CT molecular complexity index is 1100. The summed E-state index contributed by atoms with van der Waals surface area (Å²) in [7, 11) is 0. The lowest BCUT2D eigenvalue weighted by molar-refractivity contribution is -0.384. The number of imide groups is 1. The van der Waals surface area contributed by atoms with Gasteiger partial charge in [-0.3, -0.25) is 24.5 Å². The first-order valence-electron chi connectivity index (χ1n) is 10.2. The van der Waals surface area contributed by atoms with Crippen LogP contribution in [-0.2, 0) is 16.1 Å². The van der Waals surface area contributed by atoms with Crippen LogP contribution in [0.5, 0.6) is 0 Å². The smallest absolute Gasteiger partial charge is 0.272 e. The average molecular weight is 476 g/mol. The fourth-order valence-corrected chi connectivity index (χ4v) is 4.80. The molecule has 1 saturated carbocycles. The molecular formula is C22H19Cl2N3O5. The van der Waals surface area contributed by atoms with E-state index in [2.05, 4.69) is 0 Å². The van der Waals surface area contributed by atoms with Gasteiger partial charge in [0.05, 0.1) is 23.3 Å². The summed E-state index contributed by atoms with van der Waals surface area (Å²) in [6.07, 6.45) is 2.87. The maximum absolute atomic E-state index is 13.5. The number of benzene rings is 2. The van der Waals surface area contributed by atoms with Crippen LogP contribution in [-0.4, -0.2) is 32.7 Å². The number of amides is 3. The van der Waals surface area contributed by atoms with E-state index in [0.29, 0.717) is 23.4 Å². The van der Waals surface area contributed by atoms with Gasteiger partial charge in [0.15, 0.2) is 0 Å². The van der Waals surface area contributed by atoms with Crippen LogP contribution in [0, 0.1) is 22.0 Å². The van der Waals surface area contributed by atoms with Crippen molar-refractivity contribution in [2.75, 3.05) is 0 Å². The Hall–Kier alpha value is -2.97. The monoisotopic (exact) mass is 475 g/mol. The number of nitro benzene ring substituents is 1. The van der Waals surface area contributed by atoms with Crippen molar-refractivity contribution < 1.29 is 19.3 Å². The van der Waals surface area contributed by atoms with Gasteiger partial charge in [0.1, 0.15) is 0 Å². The molecule has 1 aliphatic heterocycles. The van der Waals surface area contributed by atoms with Crippen molar-refractivity contribution in [2.45, 2.75) is 32.2 Å². The highest BCUT2D eigenvalue weighted by Crippen LogP contribution is 2.39. The molecule has 0 aromatic heterocycles. The fraction of sp³-hybridized carbons (Fsp3) is 0.318. The van der Waals surface area contributed by atoms with Gasteiger partial charge in [0, 0.05) is 27.7 Å². The van der Waals surface area contributed by atoms with Crippen LogP contribution in [0.1, 0.15) is 41.6 Å². The Morgan fingerprint density at radius 3 is 2.31 bits per heavy atom. The second-order valence-corrected chi connectivity index (χ2v) is 8.74. The van der Waals surface area contributed by atoms with Gasteiger partial charge in [0.25, 0.3) is 23.4 Å². The van der Waals surface area contributed by atoms with Crippen LogP contribution in [0.25, 0.3) is 0 Å². The molecule has 4 rings (SSSR count). The molecule has 2 aromatic rings. The number of nitrogens with zero attached hydrogens (tertiary/aromatic N) is 3. The number of hydrogen-bond acceptors (Lipinski definition) is 5. The molecule has 8 nitrogen and oxygen atoms in total. The Balaban J connectivity index is 1.75. The Morgan fingerprint density at radius 2 is 1.72 bits per heavy atom. The van der Waals surface area contributed by atoms with Crippen LogP contribution in [0.4, 0.5) is 5.69 Å². The second-order valence-electron chi connectivity index (χ2n) is 7.89. The normalized spacial score (nSPS) is 20.2. The van der Waals surface area contributed by atoms with E-state index in [1.54, 1.807) is 12.1 Å². The van der Waals surface area contributed by atoms with Gasteiger partial charge in [-0.1, -0.05) is 48.2 Å². The summed E-state index contributed by atoms with van der Waals surface area (Å²) in [5, 5.41) is 13.8. The molecule has 1 heterocycles. The standard InChI is InChI=1S/C22H19Cl2N3O5/c23-15-9-8-14(19(24)11-15)12-25(20(28)13-4-3-5-16(10-13)27(31)32)26-21(29)17-6-1-2-7-18(17)22(26)30/h3-5,8-11,17-18H,1-2,6-7,12H2. The highest BCUT2D eigenvalue weighted by molar-refractivity contribution is 6.35. The maximum Gasteiger partial charge on any atom is 0.273 e. The molecule has 166 valence electrons. The van der Waals surface area contributed by atoms with Crippen molar-refractivity contribution in [2.24, 2.45) is 11.8 Å². The second kappa shape index (κ2) is 8.88. The van der Waals surface area contributed by atoms with E-state index in [0.717, 1.165) is 28.9 Å². The van der Waals surface area contributed by atoms with E-state index < -0.39 is 34.5 Å². The van der Waals surface area contributed by atoms with E-state index in [1.807, 2.05) is 0 Å². The number of hydrogen-bond donors (Lipinski definition) is 0. The molecular weight excluding hydrogens is 457 g/mol. The molecule has 10 heteroatoms. The summed E-state index contributed by atoms with van der Waals surface area (Å²) < 4.78 is 0. The van der Waals surface area contributed by atoms with Crippen molar-refractivity contribution in [3.05, 3.63) is 73.8 Å². The molecule has 2 aromatic carbocycles. The van der Waals surface area contributed by atoms with Crippen LogP contribution >= 0.6 is 23.2 Å². The minimum Gasteiger partial charge on any atom is -0.272 e. The van der Waals surface area contributed by atoms with Gasteiger partial charge >= 0.3 is 0 Å². The van der Waals surface area contributed by atoms with Crippen LogP contribution < -0.4 is 0 Å². The van der Waals surface area contributed by atoms with E-state index in [1.165, 1.54) is 24.3 Å². The average Bonchev–Trinajstić information content (AvgIpc) is 3.03. The molecule has 0 N–H and O–H groups in total. The molecule has 2 aliphatic rings. The highest BCUT2D eigenvalue weighted by Gasteiger charge is 2.51. The molecule has 3 amide bonds. The van der Waals surface area contributed by atoms with Gasteiger partial charge < -0.3 is 0 Å². The summed E-state index contributed by atoms with van der Waals surface area (Å²) in [6, 6.07) is 9.87. The van der Waals surface area contributed by atoms with Gasteiger partial charge in [-0.15, -0.1) is 0 Å². The quantitative estimate of drug-likeness (QED) is 0.356. The van der Waals surface area contributed by atoms with Gasteiger partial charge in [0.2, 0.25) is 0 Å². The Kier molecular flexibility index (Phi) is 6.17. The molecule has 2 fully saturated rings. The van der Waals surface area contributed by atoms with E-state index in [-0.39, 0.29) is 22.8 Å². The predicted octanol–water partition coefficient (Wildman–Crippen LogP) is 4.63. The minimum absolute atomic E-state index is 0.0141. The lowest BCUT2D eigenvalue weighted by Gasteiger charge is -2.31. The topological polar surface area (TPSA) is 101 Å². The molecule has 0 spiro atoms. The molecule has 0 radical (unpaired) electrons. The van der Waals surface area contributed by atoms with E-state index in [9.17, 15) is 24.5 Å². The third kappa shape index (κ3) is 4.08. The van der Waals surface area contributed by atoms with Crippen molar-refractivity contribution in [1.82, 2.24) is 10.0 Å². The first-order chi connectivity index (χ1) is 15.3. The van der Waals surface area contributed by atoms with Crippen LogP contribution in [0.3, 0.4) is 0 Å². The zero-order valence-corrected chi connectivity index (χ0v) is 18.4. The SMILES string of the molecule is O=C(c1cccc([N+](=O)[O-])c1)N(Cc1ccc(Cl)cc1Cl)N1C(=O)C2CCCCC2C1=O. The summed E-state index contributed by atoms with van der Waals surface area (Å²) in [5.41, 5.74) is 0.193. The van der Waals surface area contributed by atoms with Crippen molar-refractivity contribution >= 4 is 46.6 Å². The number of halogens is 2. The van der Waals surface area contributed by atoms with Gasteiger partial charge in [-0.05, 0) is 36.6 Å². The predicted molar refractivity (Wildman–Crippen MR) is 117 cm³/mol. The van der Waals surface area contributed by atoms with Crippen molar-refractivity contribution in [3.63, 3.8) is 0 Å². The Labute approximate surface area is 193 Å². The summed E-state index contributed by atoms with van der Waals surface area (Å²) in [4.78, 5) is 50.4. The zero-order chi connectivity index (χ0) is 23.0. The van der Waals surface area contributed by atoms with E-state index in [4.69, 9.17) is 23.2 Å². The van der Waals surface area contributed by atoms with E-state index >= 15 is 0 Å². The lowest BCUT2D eigenvalue weighted by Crippen LogP contribution is -2.49. The molecule has 2 unspecified atom stereocenters. The number of carbonyl (C=O) groups excluding carboxylic acids is 3. The number of rotatable bonds is 5. The summed E-state index contributed by atoms with van der Waals surface area (Å²) in [6.45, 7) is -0.172. The minimum atomic E-state index is -0.708. The third-order valence-corrected chi connectivity index (χ3v) is 6.52. The first-order valence-corrected chi connectivity index (χ1v) is 10.9. The molecule has 1 saturated heterocycles. The third-order valence-electron chi connectivity index (χ3n) is 5.93. The summed E-state index contributed by atoms with van der Waals surface area (Å²) >= 11 is 12.3. The molecule has 32 heavy (non-hydrogen) atoms. The largest absolute Gasteiger partial charge is 0.273 e.